The molecule has 2 heterocycles. The summed E-state index contributed by atoms with van der Waals surface area (Å²) in [5.41, 5.74) is -0.298. The van der Waals surface area contributed by atoms with E-state index < -0.39 is 5.60 Å². The summed E-state index contributed by atoms with van der Waals surface area (Å²) < 4.78 is 11.3. The van der Waals surface area contributed by atoms with E-state index in [2.05, 4.69) is 27.6 Å². The lowest BCUT2D eigenvalue weighted by Crippen LogP contribution is -2.48. The van der Waals surface area contributed by atoms with Gasteiger partial charge in [0.15, 0.2) is 5.96 Å². The van der Waals surface area contributed by atoms with Crippen LogP contribution in [-0.4, -0.2) is 68.4 Å². The quantitative estimate of drug-likeness (QED) is 0.523. The molecule has 1 aliphatic rings. The minimum atomic E-state index is -1.08. The number of nitrogens with one attached hydrogen (secondary N) is 2. The van der Waals surface area contributed by atoms with E-state index in [1.807, 2.05) is 26.8 Å². The topological polar surface area (TPSA) is 82.3 Å². The molecule has 25 heavy (non-hydrogen) atoms. The predicted octanol–water partition coefficient (Wildman–Crippen LogP) is 0.990. The van der Waals surface area contributed by atoms with Gasteiger partial charge in [0, 0.05) is 31.7 Å². The van der Waals surface area contributed by atoms with Crippen LogP contribution in [0.4, 0.5) is 0 Å². The van der Waals surface area contributed by atoms with Crippen molar-refractivity contribution in [2.24, 2.45) is 4.99 Å². The Morgan fingerprint density at radius 1 is 1.44 bits per heavy atom. The highest BCUT2D eigenvalue weighted by Gasteiger charge is 2.27. The molecule has 7 heteroatoms. The second-order valence-corrected chi connectivity index (χ2v) is 6.93. The SMILES string of the molecule is CCNC(=NCC(C)(O)c1cc(C)oc1C)NCC1CN(C)CCO1. The summed E-state index contributed by atoms with van der Waals surface area (Å²) >= 11 is 0. The van der Waals surface area contributed by atoms with E-state index in [0.29, 0.717) is 12.5 Å². The maximum Gasteiger partial charge on any atom is 0.191 e. The minimum Gasteiger partial charge on any atom is -0.466 e. The molecule has 1 aromatic heterocycles. The van der Waals surface area contributed by atoms with Crippen LogP contribution >= 0.6 is 0 Å². The van der Waals surface area contributed by atoms with Crippen LogP contribution in [0.3, 0.4) is 0 Å². The Hall–Kier alpha value is -1.57. The Balaban J connectivity index is 1.97. The van der Waals surface area contributed by atoms with E-state index in [0.717, 1.165) is 43.3 Å². The number of aryl methyl sites for hydroxylation is 2. The molecule has 2 unspecified atom stereocenters. The van der Waals surface area contributed by atoms with Crippen LogP contribution in [0, 0.1) is 13.8 Å². The van der Waals surface area contributed by atoms with Crippen molar-refractivity contribution in [1.82, 2.24) is 15.5 Å². The summed E-state index contributed by atoms with van der Waals surface area (Å²) in [7, 11) is 2.10. The van der Waals surface area contributed by atoms with Gasteiger partial charge in [0.25, 0.3) is 0 Å². The molecule has 0 saturated carbocycles. The molecule has 1 aliphatic heterocycles. The molecule has 2 rings (SSSR count). The first kappa shape index (κ1) is 19.8. The average molecular weight is 352 g/mol. The Bertz CT molecular complexity index is 583. The molecule has 142 valence electrons. The van der Waals surface area contributed by atoms with Crippen molar-refractivity contribution in [3.05, 3.63) is 23.2 Å². The lowest BCUT2D eigenvalue weighted by Gasteiger charge is -2.30. The number of likely N-dealkylation sites (N-methyl/N-ethyl adjacent to an activating group) is 1. The largest absolute Gasteiger partial charge is 0.466 e. The molecule has 1 aromatic rings. The number of rotatable bonds is 6. The molecule has 0 aromatic carbocycles. The molecule has 0 amide bonds. The van der Waals surface area contributed by atoms with Crippen molar-refractivity contribution in [3.8, 4) is 0 Å². The van der Waals surface area contributed by atoms with Gasteiger partial charge in [0.05, 0.1) is 19.3 Å². The zero-order chi connectivity index (χ0) is 18.4. The zero-order valence-corrected chi connectivity index (χ0v) is 16.1. The van der Waals surface area contributed by atoms with Gasteiger partial charge in [-0.05, 0) is 40.8 Å². The van der Waals surface area contributed by atoms with E-state index in [4.69, 9.17) is 9.15 Å². The minimum absolute atomic E-state index is 0.141. The van der Waals surface area contributed by atoms with Crippen LogP contribution < -0.4 is 10.6 Å². The van der Waals surface area contributed by atoms with Crippen LogP contribution in [0.15, 0.2) is 15.5 Å². The van der Waals surface area contributed by atoms with Gasteiger partial charge in [-0.2, -0.15) is 0 Å². The standard InChI is InChI=1S/C18H32N4O3/c1-6-19-17(20-10-15-11-22(5)7-8-24-15)21-12-18(4,23)16-9-13(2)25-14(16)3/h9,15,23H,6-8,10-12H2,1-5H3,(H2,19,20,21). The number of nitrogens with zero attached hydrogens (tertiary/aromatic N) is 2. The van der Waals surface area contributed by atoms with E-state index in [9.17, 15) is 5.11 Å². The average Bonchev–Trinajstić information content (AvgIpc) is 2.89. The van der Waals surface area contributed by atoms with Crippen molar-refractivity contribution >= 4 is 5.96 Å². The van der Waals surface area contributed by atoms with Crippen molar-refractivity contribution < 1.29 is 14.3 Å². The van der Waals surface area contributed by atoms with Gasteiger partial charge < -0.3 is 29.8 Å². The lowest BCUT2D eigenvalue weighted by molar-refractivity contribution is -0.0161. The van der Waals surface area contributed by atoms with Gasteiger partial charge in [-0.25, -0.2) is 4.99 Å². The summed E-state index contributed by atoms with van der Waals surface area (Å²) in [6.45, 7) is 11.8. The van der Waals surface area contributed by atoms with Gasteiger partial charge in [0.1, 0.15) is 17.1 Å². The van der Waals surface area contributed by atoms with Crippen LogP contribution in [0.2, 0.25) is 0 Å². The highest BCUT2D eigenvalue weighted by Crippen LogP contribution is 2.27. The second-order valence-electron chi connectivity index (χ2n) is 6.93. The fraction of sp³-hybridized carbons (Fsp3) is 0.722. The summed E-state index contributed by atoms with van der Waals surface area (Å²) in [4.78, 5) is 6.81. The fourth-order valence-electron chi connectivity index (χ4n) is 3.03. The molecule has 0 bridgehead atoms. The van der Waals surface area contributed by atoms with Crippen molar-refractivity contribution in [3.63, 3.8) is 0 Å². The number of guanidine groups is 1. The molecular weight excluding hydrogens is 320 g/mol. The normalized spacial score (nSPS) is 21.8. The number of furan rings is 1. The van der Waals surface area contributed by atoms with Crippen molar-refractivity contribution in [2.75, 3.05) is 46.4 Å². The van der Waals surface area contributed by atoms with Crippen molar-refractivity contribution in [1.29, 1.82) is 0 Å². The third-order valence-corrected chi connectivity index (χ3v) is 4.35. The predicted molar refractivity (Wildman–Crippen MR) is 99.0 cm³/mol. The summed E-state index contributed by atoms with van der Waals surface area (Å²) in [6, 6.07) is 1.87. The highest BCUT2D eigenvalue weighted by molar-refractivity contribution is 5.79. The van der Waals surface area contributed by atoms with E-state index in [1.165, 1.54) is 0 Å². The third kappa shape index (κ3) is 5.73. The number of morpholine rings is 1. The van der Waals surface area contributed by atoms with Crippen LogP contribution in [0.25, 0.3) is 0 Å². The number of aliphatic hydroxyl groups is 1. The summed E-state index contributed by atoms with van der Waals surface area (Å²) in [6.07, 6.45) is 0.141. The Morgan fingerprint density at radius 2 is 2.20 bits per heavy atom. The molecule has 3 N–H and O–H groups in total. The second kappa shape index (κ2) is 8.69. The third-order valence-electron chi connectivity index (χ3n) is 4.35. The van der Waals surface area contributed by atoms with Gasteiger partial charge >= 0.3 is 0 Å². The molecule has 1 saturated heterocycles. The smallest absolute Gasteiger partial charge is 0.191 e. The van der Waals surface area contributed by atoms with E-state index in [1.54, 1.807) is 6.92 Å². The molecule has 1 fully saturated rings. The molecule has 0 spiro atoms. The molecule has 7 nitrogen and oxygen atoms in total. The first-order chi connectivity index (χ1) is 11.8. The Labute approximate surface area is 150 Å². The zero-order valence-electron chi connectivity index (χ0n) is 16.1. The van der Waals surface area contributed by atoms with Crippen LogP contribution in [-0.2, 0) is 10.3 Å². The number of hydrogen-bond acceptors (Lipinski definition) is 5. The van der Waals surface area contributed by atoms with Crippen molar-refractivity contribution in [2.45, 2.75) is 39.4 Å². The molecule has 0 radical (unpaired) electrons. The maximum atomic E-state index is 10.8. The van der Waals surface area contributed by atoms with E-state index in [-0.39, 0.29) is 12.6 Å². The summed E-state index contributed by atoms with van der Waals surface area (Å²) in [5, 5.41) is 17.3. The number of ether oxygens (including phenoxy) is 1. The lowest BCUT2D eigenvalue weighted by atomic mass is 9.96. The Kier molecular flexibility index (Phi) is 6.87. The van der Waals surface area contributed by atoms with Crippen LogP contribution in [0.5, 0.6) is 0 Å². The molecule has 0 aliphatic carbocycles. The highest BCUT2D eigenvalue weighted by atomic mass is 16.5. The number of aliphatic imine (C=N–C) groups is 1. The molecular formula is C18H32N4O3. The first-order valence-corrected chi connectivity index (χ1v) is 8.94. The van der Waals surface area contributed by atoms with E-state index >= 15 is 0 Å². The summed E-state index contributed by atoms with van der Waals surface area (Å²) in [5.74, 6) is 2.20. The van der Waals surface area contributed by atoms with Gasteiger partial charge in [0.2, 0.25) is 0 Å². The van der Waals surface area contributed by atoms with Crippen LogP contribution in [0.1, 0.15) is 30.9 Å². The van der Waals surface area contributed by atoms with Gasteiger partial charge in [-0.15, -0.1) is 0 Å². The Morgan fingerprint density at radius 3 is 2.80 bits per heavy atom. The van der Waals surface area contributed by atoms with Gasteiger partial charge in [-0.1, -0.05) is 0 Å². The first-order valence-electron chi connectivity index (χ1n) is 8.94. The fourth-order valence-corrected chi connectivity index (χ4v) is 3.03. The molecule has 2 atom stereocenters. The number of hydrogen-bond donors (Lipinski definition) is 3. The van der Waals surface area contributed by atoms with Gasteiger partial charge in [-0.3, -0.25) is 0 Å². The maximum absolute atomic E-state index is 10.8. The monoisotopic (exact) mass is 352 g/mol.